The van der Waals surface area contributed by atoms with E-state index in [-0.39, 0.29) is 24.8 Å². The Morgan fingerprint density at radius 1 is 1.25 bits per heavy atom. The Hall–Kier alpha value is -1.04. The summed E-state index contributed by atoms with van der Waals surface area (Å²) in [5, 5.41) is 8.97. The number of halogens is 4. The number of nitrogens with zero attached hydrogens (tertiary/aromatic N) is 2. The maximum atomic E-state index is 12.6. The molecule has 0 aliphatic heterocycles. The molecule has 20 heavy (non-hydrogen) atoms. The number of pyridine rings is 1. The molecule has 1 saturated carbocycles. The summed E-state index contributed by atoms with van der Waals surface area (Å²) in [6.45, 7) is 0. The smallest absolute Gasteiger partial charge is 0.391 e. The molecule has 7 heteroatoms. The van der Waals surface area contributed by atoms with Crippen LogP contribution in [0.1, 0.15) is 31.2 Å². The van der Waals surface area contributed by atoms with Gasteiger partial charge in [0.25, 0.3) is 0 Å². The third-order valence-electron chi connectivity index (χ3n) is 3.36. The van der Waals surface area contributed by atoms with E-state index in [4.69, 9.17) is 10.00 Å². The number of rotatable bonds is 2. The first-order chi connectivity index (χ1) is 9.40. The standard InChI is InChI=1S/C13H12F3IN2O/c14-13(15,16)9-2-4-10(5-3-9)20-12-8(7-18)1-6-11(17)19-12/h1,6,9-10H,2-5H2. The van der Waals surface area contributed by atoms with Gasteiger partial charge in [-0.2, -0.15) is 18.4 Å². The van der Waals surface area contributed by atoms with Gasteiger partial charge in [0.05, 0.1) is 5.92 Å². The summed E-state index contributed by atoms with van der Waals surface area (Å²) < 4.78 is 44.0. The molecular formula is C13H12F3IN2O. The Kier molecular flexibility index (Phi) is 4.73. The van der Waals surface area contributed by atoms with Crippen LogP contribution in [0.2, 0.25) is 0 Å². The maximum absolute atomic E-state index is 12.6. The highest BCUT2D eigenvalue weighted by atomic mass is 127. The maximum Gasteiger partial charge on any atom is 0.391 e. The monoisotopic (exact) mass is 396 g/mol. The molecule has 2 rings (SSSR count). The largest absolute Gasteiger partial charge is 0.473 e. The molecule has 0 saturated heterocycles. The van der Waals surface area contributed by atoms with Crippen molar-refractivity contribution >= 4 is 22.6 Å². The Morgan fingerprint density at radius 3 is 2.45 bits per heavy atom. The van der Waals surface area contributed by atoms with Crippen molar-refractivity contribution < 1.29 is 17.9 Å². The minimum Gasteiger partial charge on any atom is -0.473 e. The van der Waals surface area contributed by atoms with Crippen LogP contribution in [0, 0.1) is 20.9 Å². The molecule has 0 N–H and O–H groups in total. The Bertz CT molecular complexity index is 519. The highest BCUT2D eigenvalue weighted by Gasteiger charge is 2.41. The van der Waals surface area contributed by atoms with E-state index in [2.05, 4.69) is 4.98 Å². The van der Waals surface area contributed by atoms with E-state index in [1.54, 1.807) is 12.1 Å². The van der Waals surface area contributed by atoms with Gasteiger partial charge in [0, 0.05) is 0 Å². The Balaban J connectivity index is 2.00. The molecule has 1 aromatic rings. The van der Waals surface area contributed by atoms with Crippen molar-refractivity contribution in [2.24, 2.45) is 5.92 Å². The summed E-state index contributed by atoms with van der Waals surface area (Å²) in [6, 6.07) is 5.26. The molecule has 0 atom stereocenters. The SMILES string of the molecule is N#Cc1ccc(I)nc1OC1CCC(C(F)(F)F)CC1. The molecule has 0 unspecified atom stereocenters. The van der Waals surface area contributed by atoms with Crippen molar-refractivity contribution in [3.8, 4) is 11.9 Å². The fourth-order valence-electron chi connectivity index (χ4n) is 2.26. The zero-order chi connectivity index (χ0) is 14.8. The quantitative estimate of drug-likeness (QED) is 0.560. The first-order valence-corrected chi connectivity index (χ1v) is 7.28. The van der Waals surface area contributed by atoms with Crippen LogP contribution in [-0.2, 0) is 0 Å². The molecule has 0 radical (unpaired) electrons. The average Bonchev–Trinajstić information content (AvgIpc) is 2.38. The van der Waals surface area contributed by atoms with Crippen molar-refractivity contribution in [1.82, 2.24) is 4.98 Å². The normalized spacial score (nSPS) is 23.1. The lowest BCUT2D eigenvalue weighted by atomic mass is 9.87. The van der Waals surface area contributed by atoms with E-state index >= 15 is 0 Å². The summed E-state index contributed by atoms with van der Waals surface area (Å²) >= 11 is 2.00. The minimum atomic E-state index is -4.12. The number of aromatic nitrogens is 1. The number of nitriles is 1. The second kappa shape index (κ2) is 6.16. The highest BCUT2D eigenvalue weighted by Crippen LogP contribution is 2.38. The molecule has 0 amide bonds. The van der Waals surface area contributed by atoms with Gasteiger partial charge in [0.1, 0.15) is 21.4 Å². The molecule has 3 nitrogen and oxygen atoms in total. The second-order valence-corrected chi connectivity index (χ2v) is 5.84. The van der Waals surface area contributed by atoms with Crippen molar-refractivity contribution in [2.45, 2.75) is 38.0 Å². The summed E-state index contributed by atoms with van der Waals surface area (Å²) in [5.41, 5.74) is 0.309. The average molecular weight is 396 g/mol. The zero-order valence-corrected chi connectivity index (χ0v) is 12.6. The van der Waals surface area contributed by atoms with Gasteiger partial charge in [0.2, 0.25) is 5.88 Å². The summed E-state index contributed by atoms with van der Waals surface area (Å²) in [6.07, 6.45) is -3.61. The van der Waals surface area contributed by atoms with Crippen LogP contribution in [0.5, 0.6) is 5.88 Å². The molecule has 1 fully saturated rings. The van der Waals surface area contributed by atoms with Crippen molar-refractivity contribution in [3.05, 3.63) is 21.4 Å². The number of hydrogen-bond donors (Lipinski definition) is 0. The van der Waals surface area contributed by atoms with Crippen LogP contribution in [0.3, 0.4) is 0 Å². The van der Waals surface area contributed by atoms with Crippen molar-refractivity contribution in [2.75, 3.05) is 0 Å². The predicted octanol–water partition coefficient (Wildman–Crippen LogP) is 4.06. The molecule has 1 aliphatic rings. The predicted molar refractivity (Wildman–Crippen MR) is 74.1 cm³/mol. The van der Waals surface area contributed by atoms with E-state index < -0.39 is 12.1 Å². The third-order valence-corrected chi connectivity index (χ3v) is 3.96. The lowest BCUT2D eigenvalue weighted by molar-refractivity contribution is -0.185. The van der Waals surface area contributed by atoms with E-state index in [0.29, 0.717) is 22.1 Å². The van der Waals surface area contributed by atoms with E-state index in [1.165, 1.54) is 0 Å². The Morgan fingerprint density at radius 2 is 1.90 bits per heavy atom. The lowest BCUT2D eigenvalue weighted by Crippen LogP contribution is -2.32. The topological polar surface area (TPSA) is 45.9 Å². The van der Waals surface area contributed by atoms with E-state index in [1.807, 2.05) is 28.7 Å². The van der Waals surface area contributed by atoms with Crippen LogP contribution in [-0.4, -0.2) is 17.3 Å². The van der Waals surface area contributed by atoms with Crippen molar-refractivity contribution in [3.63, 3.8) is 0 Å². The molecule has 1 aromatic heterocycles. The van der Waals surface area contributed by atoms with Crippen LogP contribution in [0.25, 0.3) is 0 Å². The molecule has 1 heterocycles. The van der Waals surface area contributed by atoms with Crippen molar-refractivity contribution in [1.29, 1.82) is 5.26 Å². The van der Waals surface area contributed by atoms with Gasteiger partial charge in [-0.1, -0.05) is 0 Å². The first-order valence-electron chi connectivity index (χ1n) is 6.20. The second-order valence-electron chi connectivity index (χ2n) is 4.73. The van der Waals surface area contributed by atoms with Gasteiger partial charge >= 0.3 is 6.18 Å². The fourth-order valence-corrected chi connectivity index (χ4v) is 2.66. The molecule has 0 aromatic carbocycles. The van der Waals surface area contributed by atoms with Gasteiger partial charge in [-0.25, -0.2) is 4.98 Å². The number of alkyl halides is 3. The molecule has 0 spiro atoms. The highest BCUT2D eigenvalue weighted by molar-refractivity contribution is 14.1. The fraction of sp³-hybridized carbons (Fsp3) is 0.538. The number of hydrogen-bond acceptors (Lipinski definition) is 3. The minimum absolute atomic E-state index is 0.0694. The third kappa shape index (κ3) is 3.75. The summed E-state index contributed by atoms with van der Waals surface area (Å²) in [7, 11) is 0. The van der Waals surface area contributed by atoms with Crippen LogP contribution in [0.4, 0.5) is 13.2 Å². The molecule has 1 aliphatic carbocycles. The van der Waals surface area contributed by atoms with Crippen LogP contribution >= 0.6 is 22.6 Å². The Labute approximate surface area is 128 Å². The summed E-state index contributed by atoms with van der Waals surface area (Å²) in [4.78, 5) is 4.13. The van der Waals surface area contributed by atoms with E-state index in [9.17, 15) is 13.2 Å². The van der Waals surface area contributed by atoms with E-state index in [0.717, 1.165) is 0 Å². The van der Waals surface area contributed by atoms with Gasteiger partial charge in [-0.15, -0.1) is 0 Å². The summed E-state index contributed by atoms with van der Waals surface area (Å²) in [5.74, 6) is -1.02. The van der Waals surface area contributed by atoms with Gasteiger partial charge in [0.15, 0.2) is 0 Å². The van der Waals surface area contributed by atoms with Gasteiger partial charge in [-0.3, -0.25) is 0 Å². The van der Waals surface area contributed by atoms with Crippen LogP contribution in [0.15, 0.2) is 12.1 Å². The first kappa shape index (κ1) is 15.4. The zero-order valence-electron chi connectivity index (χ0n) is 10.5. The lowest BCUT2D eigenvalue weighted by Gasteiger charge is -2.29. The molecule has 0 bridgehead atoms. The number of ether oxygens (including phenoxy) is 1. The van der Waals surface area contributed by atoms with Crippen LogP contribution < -0.4 is 4.74 Å². The van der Waals surface area contributed by atoms with Gasteiger partial charge in [-0.05, 0) is 60.4 Å². The van der Waals surface area contributed by atoms with Gasteiger partial charge < -0.3 is 4.74 Å². The molecular weight excluding hydrogens is 384 g/mol. The molecule has 108 valence electrons.